The number of hydrogen-bond acceptors (Lipinski definition) is 4. The molecule has 2 aromatic carbocycles. The Morgan fingerprint density at radius 2 is 1.72 bits per heavy atom. The quantitative estimate of drug-likeness (QED) is 0.573. The summed E-state index contributed by atoms with van der Waals surface area (Å²) in [6, 6.07) is 14.7. The lowest BCUT2D eigenvalue weighted by Crippen LogP contribution is -2.44. The number of amides is 2. The highest BCUT2D eigenvalue weighted by molar-refractivity contribution is 8.00. The summed E-state index contributed by atoms with van der Waals surface area (Å²) >= 11 is 7.15. The molecule has 0 fully saturated rings. The van der Waals surface area contributed by atoms with Gasteiger partial charge in [-0.15, -0.1) is 11.8 Å². The number of aryl methyl sites for hydroxylation is 1. The van der Waals surface area contributed by atoms with E-state index in [1.54, 1.807) is 12.1 Å². The van der Waals surface area contributed by atoms with E-state index < -0.39 is 5.91 Å². The molecule has 132 valence electrons. The fourth-order valence-corrected chi connectivity index (χ4v) is 2.80. The van der Waals surface area contributed by atoms with Gasteiger partial charge in [-0.25, -0.2) is 0 Å². The van der Waals surface area contributed by atoms with Crippen molar-refractivity contribution in [2.24, 2.45) is 0 Å². The van der Waals surface area contributed by atoms with E-state index in [1.165, 1.54) is 11.8 Å². The van der Waals surface area contributed by atoms with Gasteiger partial charge in [0.1, 0.15) is 5.75 Å². The average molecular weight is 379 g/mol. The Morgan fingerprint density at radius 3 is 2.44 bits per heavy atom. The molecule has 0 spiro atoms. The molecule has 0 heterocycles. The summed E-state index contributed by atoms with van der Waals surface area (Å²) in [5.41, 5.74) is 5.73. The number of carbonyl (C=O) groups excluding carboxylic acids is 2. The topological polar surface area (TPSA) is 67.4 Å². The van der Waals surface area contributed by atoms with E-state index in [0.29, 0.717) is 10.8 Å². The largest absolute Gasteiger partial charge is 0.483 e. The minimum atomic E-state index is -0.421. The van der Waals surface area contributed by atoms with Crippen molar-refractivity contribution in [1.82, 2.24) is 10.9 Å². The maximum absolute atomic E-state index is 11.8. The summed E-state index contributed by atoms with van der Waals surface area (Å²) in [7, 11) is 0. The van der Waals surface area contributed by atoms with Crippen molar-refractivity contribution >= 4 is 35.2 Å². The van der Waals surface area contributed by atoms with E-state index in [2.05, 4.69) is 10.9 Å². The van der Waals surface area contributed by atoms with Crippen LogP contribution < -0.4 is 15.6 Å². The van der Waals surface area contributed by atoms with Crippen molar-refractivity contribution in [2.45, 2.75) is 18.2 Å². The third-order valence-electron chi connectivity index (χ3n) is 3.24. The highest BCUT2D eigenvalue weighted by Crippen LogP contribution is 2.20. The van der Waals surface area contributed by atoms with Gasteiger partial charge in [-0.3, -0.25) is 20.4 Å². The summed E-state index contributed by atoms with van der Waals surface area (Å²) in [4.78, 5) is 24.4. The maximum atomic E-state index is 11.8. The van der Waals surface area contributed by atoms with E-state index in [1.807, 2.05) is 43.3 Å². The molecule has 7 heteroatoms. The lowest BCUT2D eigenvalue weighted by atomic mass is 10.1. The van der Waals surface area contributed by atoms with Gasteiger partial charge >= 0.3 is 0 Å². The summed E-state index contributed by atoms with van der Waals surface area (Å²) in [6.07, 6.45) is 0.816. The standard InChI is InChI=1S/C18H19ClN2O3S/c1-2-13-5-3-4-6-16(13)24-11-17(22)20-21-18(23)12-25-15-9-7-14(19)8-10-15/h3-10H,2,11-12H2,1H3,(H,20,22)(H,21,23). The summed E-state index contributed by atoms with van der Waals surface area (Å²) < 4.78 is 5.48. The predicted octanol–water partition coefficient (Wildman–Crippen LogP) is 3.22. The molecule has 0 aliphatic heterocycles. The molecule has 2 aromatic rings. The van der Waals surface area contributed by atoms with Crippen molar-refractivity contribution in [3.05, 3.63) is 59.1 Å². The molecule has 0 bridgehead atoms. The van der Waals surface area contributed by atoms with E-state index in [0.717, 1.165) is 16.9 Å². The fraction of sp³-hybridized carbons (Fsp3) is 0.222. The molecule has 2 N–H and O–H groups in total. The zero-order chi connectivity index (χ0) is 18.1. The van der Waals surface area contributed by atoms with Crippen LogP contribution >= 0.6 is 23.4 Å². The molecule has 0 atom stereocenters. The first-order valence-corrected chi connectivity index (χ1v) is 9.11. The smallest absolute Gasteiger partial charge is 0.276 e. The highest BCUT2D eigenvalue weighted by atomic mass is 35.5. The first kappa shape index (κ1) is 19.1. The van der Waals surface area contributed by atoms with Crippen LogP contribution in [0, 0.1) is 0 Å². The van der Waals surface area contributed by atoms with E-state index >= 15 is 0 Å². The van der Waals surface area contributed by atoms with Crippen LogP contribution in [-0.2, 0) is 16.0 Å². The number of hydrazine groups is 1. The summed E-state index contributed by atoms with van der Waals surface area (Å²) in [6.45, 7) is 1.85. The minimum Gasteiger partial charge on any atom is -0.483 e. The molecule has 5 nitrogen and oxygen atoms in total. The molecule has 0 aliphatic carbocycles. The molecule has 0 aromatic heterocycles. The Labute approximate surface area is 156 Å². The zero-order valence-electron chi connectivity index (χ0n) is 13.8. The van der Waals surface area contributed by atoms with Gasteiger partial charge in [0.05, 0.1) is 5.75 Å². The van der Waals surface area contributed by atoms with Crippen LogP contribution in [0.3, 0.4) is 0 Å². The molecule has 2 amide bonds. The number of ether oxygens (including phenoxy) is 1. The number of nitrogens with one attached hydrogen (secondary N) is 2. The number of thioether (sulfide) groups is 1. The van der Waals surface area contributed by atoms with Crippen molar-refractivity contribution in [1.29, 1.82) is 0 Å². The Balaban J connectivity index is 1.68. The molecule has 0 saturated heterocycles. The monoisotopic (exact) mass is 378 g/mol. The Kier molecular flexibility index (Phi) is 7.63. The molecule has 2 rings (SSSR count). The predicted molar refractivity (Wildman–Crippen MR) is 99.8 cm³/mol. The fourth-order valence-electron chi connectivity index (χ4n) is 1.97. The van der Waals surface area contributed by atoms with Gasteiger partial charge in [-0.1, -0.05) is 36.7 Å². The Hall–Kier alpha value is -2.18. The van der Waals surface area contributed by atoms with Gasteiger partial charge in [-0.2, -0.15) is 0 Å². The molecular formula is C18H19ClN2O3S. The second-order valence-electron chi connectivity index (χ2n) is 5.09. The summed E-state index contributed by atoms with van der Waals surface area (Å²) in [5, 5.41) is 0.644. The number of rotatable bonds is 7. The normalized spacial score (nSPS) is 10.2. The van der Waals surface area contributed by atoms with Gasteiger partial charge in [0.2, 0.25) is 5.91 Å². The molecular weight excluding hydrogens is 360 g/mol. The third kappa shape index (κ3) is 6.68. The van der Waals surface area contributed by atoms with Crippen molar-refractivity contribution in [2.75, 3.05) is 12.4 Å². The number of benzene rings is 2. The molecule has 25 heavy (non-hydrogen) atoms. The van der Waals surface area contributed by atoms with Crippen molar-refractivity contribution < 1.29 is 14.3 Å². The first-order valence-electron chi connectivity index (χ1n) is 7.75. The van der Waals surface area contributed by atoms with Crippen LogP contribution in [0.5, 0.6) is 5.75 Å². The van der Waals surface area contributed by atoms with Gasteiger partial charge in [0.25, 0.3) is 5.91 Å². The second kappa shape index (κ2) is 9.96. The molecule has 0 radical (unpaired) electrons. The second-order valence-corrected chi connectivity index (χ2v) is 6.57. The van der Waals surface area contributed by atoms with Crippen LogP contribution in [0.2, 0.25) is 5.02 Å². The third-order valence-corrected chi connectivity index (χ3v) is 4.50. The molecule has 0 aliphatic rings. The first-order chi connectivity index (χ1) is 12.1. The Bertz CT molecular complexity index is 723. The van der Waals surface area contributed by atoms with Crippen molar-refractivity contribution in [3.8, 4) is 5.75 Å². The average Bonchev–Trinajstić information content (AvgIpc) is 2.64. The number of halogens is 1. The van der Waals surface area contributed by atoms with Crippen LogP contribution in [0.15, 0.2) is 53.4 Å². The molecule has 0 unspecified atom stereocenters. The van der Waals surface area contributed by atoms with Crippen LogP contribution in [-0.4, -0.2) is 24.2 Å². The molecule has 0 saturated carbocycles. The maximum Gasteiger partial charge on any atom is 0.276 e. The highest BCUT2D eigenvalue weighted by Gasteiger charge is 2.08. The zero-order valence-corrected chi connectivity index (χ0v) is 15.3. The lowest BCUT2D eigenvalue weighted by molar-refractivity contribution is -0.128. The van der Waals surface area contributed by atoms with Crippen LogP contribution in [0.1, 0.15) is 12.5 Å². The van der Waals surface area contributed by atoms with Crippen LogP contribution in [0.25, 0.3) is 0 Å². The SMILES string of the molecule is CCc1ccccc1OCC(=O)NNC(=O)CSc1ccc(Cl)cc1. The van der Waals surface area contributed by atoms with Crippen molar-refractivity contribution in [3.63, 3.8) is 0 Å². The summed E-state index contributed by atoms with van der Waals surface area (Å²) in [5.74, 6) is 0.129. The minimum absolute atomic E-state index is 0.165. The van der Waals surface area contributed by atoms with E-state index in [9.17, 15) is 9.59 Å². The lowest BCUT2D eigenvalue weighted by Gasteiger charge is -2.11. The van der Waals surface area contributed by atoms with Gasteiger partial charge in [0, 0.05) is 9.92 Å². The number of hydrogen-bond donors (Lipinski definition) is 2. The van der Waals surface area contributed by atoms with Gasteiger partial charge in [0.15, 0.2) is 6.61 Å². The Morgan fingerprint density at radius 1 is 1.04 bits per heavy atom. The number of para-hydroxylation sites is 1. The number of carbonyl (C=O) groups is 2. The van der Waals surface area contributed by atoms with E-state index in [4.69, 9.17) is 16.3 Å². The van der Waals surface area contributed by atoms with Gasteiger partial charge in [-0.05, 0) is 42.3 Å². The van der Waals surface area contributed by atoms with Crippen LogP contribution in [0.4, 0.5) is 0 Å². The van der Waals surface area contributed by atoms with E-state index in [-0.39, 0.29) is 18.3 Å². The van der Waals surface area contributed by atoms with Gasteiger partial charge < -0.3 is 4.74 Å².